The molecule has 4 aromatic rings. The third-order valence-corrected chi connectivity index (χ3v) is 10.7. The average Bonchev–Trinajstić information content (AvgIpc) is 3.00. The molecule has 6 rings (SSSR count). The Morgan fingerprint density at radius 1 is 1.09 bits per heavy atom. The van der Waals surface area contributed by atoms with Crippen LogP contribution in [-0.4, -0.2) is 83.4 Å². The average molecular weight is 650 g/mol. The summed E-state index contributed by atoms with van der Waals surface area (Å²) in [5.41, 5.74) is 3.76. The van der Waals surface area contributed by atoms with Gasteiger partial charge in [0.2, 0.25) is 5.95 Å². The van der Waals surface area contributed by atoms with Gasteiger partial charge in [-0.25, -0.2) is 4.98 Å². The number of hydrogen-bond donors (Lipinski definition) is 2. The summed E-state index contributed by atoms with van der Waals surface area (Å²) in [7, 11) is 5.26. The van der Waals surface area contributed by atoms with Crippen LogP contribution in [0.3, 0.4) is 0 Å². The van der Waals surface area contributed by atoms with Gasteiger partial charge in [-0.15, -0.1) is 0 Å². The van der Waals surface area contributed by atoms with E-state index in [4.69, 9.17) is 16.3 Å². The largest absolute Gasteiger partial charge is 0.494 e. The van der Waals surface area contributed by atoms with E-state index in [0.29, 0.717) is 39.4 Å². The van der Waals surface area contributed by atoms with Gasteiger partial charge in [-0.2, -0.15) is 4.98 Å². The molecule has 2 fully saturated rings. The van der Waals surface area contributed by atoms with Crippen molar-refractivity contribution in [1.82, 2.24) is 24.8 Å². The zero-order valence-corrected chi connectivity index (χ0v) is 27.7. The quantitative estimate of drug-likeness (QED) is 0.123. The van der Waals surface area contributed by atoms with E-state index in [2.05, 4.69) is 67.8 Å². The number of rotatable bonds is 9. The van der Waals surface area contributed by atoms with Gasteiger partial charge in [0.15, 0.2) is 5.82 Å². The van der Waals surface area contributed by atoms with Crippen LogP contribution < -0.4 is 25.6 Å². The molecule has 2 aromatic carbocycles. The molecule has 0 atom stereocenters. The summed E-state index contributed by atoms with van der Waals surface area (Å²) in [6, 6.07) is 7.71. The topological polar surface area (TPSA) is 134 Å². The Bertz CT molecular complexity index is 1740. The van der Waals surface area contributed by atoms with Gasteiger partial charge < -0.3 is 25.2 Å². The molecule has 12 nitrogen and oxygen atoms in total. The number of anilines is 5. The van der Waals surface area contributed by atoms with E-state index < -0.39 is 7.92 Å². The van der Waals surface area contributed by atoms with E-state index in [9.17, 15) is 10.1 Å². The van der Waals surface area contributed by atoms with E-state index >= 15 is 0 Å². The van der Waals surface area contributed by atoms with Crippen molar-refractivity contribution in [1.29, 1.82) is 0 Å². The fourth-order valence-electron chi connectivity index (χ4n) is 6.50. The van der Waals surface area contributed by atoms with Gasteiger partial charge in [-0.1, -0.05) is 19.5 Å². The van der Waals surface area contributed by atoms with E-state index in [-0.39, 0.29) is 16.6 Å². The molecule has 236 valence electrons. The van der Waals surface area contributed by atoms with E-state index in [1.165, 1.54) is 25.1 Å². The number of nitrogens with one attached hydrogen (secondary N) is 2. The molecule has 0 radical (unpaired) electrons. The lowest BCUT2D eigenvalue weighted by molar-refractivity contribution is -0.384. The van der Waals surface area contributed by atoms with Crippen LogP contribution in [-0.2, 0) is 0 Å². The minimum atomic E-state index is -0.556. The van der Waals surface area contributed by atoms with Crippen molar-refractivity contribution in [3.05, 3.63) is 58.0 Å². The molecule has 1 saturated heterocycles. The number of aromatic nitrogens is 4. The second-order valence-corrected chi connectivity index (χ2v) is 14.9. The van der Waals surface area contributed by atoms with Gasteiger partial charge in [0, 0.05) is 54.6 Å². The van der Waals surface area contributed by atoms with Gasteiger partial charge in [-0.3, -0.25) is 20.1 Å². The Labute approximate surface area is 268 Å². The number of nitrogens with zero attached hydrogens (tertiary/aromatic N) is 7. The first kappa shape index (κ1) is 31.1. The third-order valence-electron chi connectivity index (χ3n) is 9.03. The smallest absolute Gasteiger partial charge is 0.294 e. The highest BCUT2D eigenvalue weighted by Gasteiger charge is 2.47. The standard InChI is InChI=1S/C31H37ClN9O3P/c1-39(2)19-16-31(17-19)8-12-40(13-9-31)24-15-26(44-3)23(14-25(24)41(42)43)37-30-35-18-20(32)29(38-30)36-22-7-6-21-27(28(22)45(4)5)34-11-10-33-21/h6-7,10-11,14-15,18-19H,8-9,12-13,16-17H2,1-5H3,(H2,35,36,37,38). The Morgan fingerprint density at radius 2 is 1.82 bits per heavy atom. The van der Waals surface area contributed by atoms with E-state index in [1.54, 1.807) is 25.6 Å². The monoisotopic (exact) mass is 649 g/mol. The van der Waals surface area contributed by atoms with Gasteiger partial charge in [-0.05, 0) is 70.7 Å². The molecule has 2 aliphatic rings. The maximum Gasteiger partial charge on any atom is 0.294 e. The first-order chi connectivity index (χ1) is 21.6. The second kappa shape index (κ2) is 12.5. The Kier molecular flexibility index (Phi) is 8.65. The summed E-state index contributed by atoms with van der Waals surface area (Å²) < 4.78 is 5.70. The molecule has 2 N–H and O–H groups in total. The summed E-state index contributed by atoms with van der Waals surface area (Å²) in [4.78, 5) is 34.3. The lowest BCUT2D eigenvalue weighted by atomic mass is 9.60. The van der Waals surface area contributed by atoms with Crippen molar-refractivity contribution in [2.24, 2.45) is 5.41 Å². The van der Waals surface area contributed by atoms with Gasteiger partial charge >= 0.3 is 0 Å². The summed E-state index contributed by atoms with van der Waals surface area (Å²) >= 11 is 6.53. The molecule has 2 aromatic heterocycles. The predicted octanol–water partition coefficient (Wildman–Crippen LogP) is 6.15. The molecule has 14 heteroatoms. The molecule has 1 spiro atoms. The first-order valence-corrected chi connectivity index (χ1v) is 17.4. The van der Waals surface area contributed by atoms with Gasteiger partial charge in [0.05, 0.1) is 35.0 Å². The summed E-state index contributed by atoms with van der Waals surface area (Å²) in [5, 5.41) is 20.1. The van der Waals surface area contributed by atoms with Crippen molar-refractivity contribution in [2.75, 3.05) is 63.2 Å². The van der Waals surface area contributed by atoms with Crippen LogP contribution >= 0.6 is 19.5 Å². The molecule has 3 heterocycles. The fraction of sp³-hybridized carbons (Fsp3) is 0.419. The summed E-state index contributed by atoms with van der Waals surface area (Å²) in [6.07, 6.45) is 9.27. The van der Waals surface area contributed by atoms with Gasteiger partial charge in [0.25, 0.3) is 5.69 Å². The number of nitro benzene ring substituents is 1. The first-order valence-electron chi connectivity index (χ1n) is 14.8. The number of benzene rings is 2. The van der Waals surface area contributed by atoms with Crippen LogP contribution in [0.1, 0.15) is 25.7 Å². The predicted molar refractivity (Wildman–Crippen MR) is 182 cm³/mol. The number of methoxy groups -OCH3 is 1. The summed E-state index contributed by atoms with van der Waals surface area (Å²) in [5.74, 6) is 1.05. The molecule has 1 aliphatic heterocycles. The summed E-state index contributed by atoms with van der Waals surface area (Å²) in [6.45, 7) is 5.84. The van der Waals surface area contributed by atoms with Crippen LogP contribution in [0.5, 0.6) is 5.75 Å². The minimum absolute atomic E-state index is 0.00232. The number of halogens is 1. The normalized spacial score (nSPS) is 16.3. The number of fused-ring (bicyclic) bond motifs is 1. The molecule has 0 unspecified atom stereocenters. The molecule has 0 amide bonds. The Morgan fingerprint density at radius 3 is 2.49 bits per heavy atom. The minimum Gasteiger partial charge on any atom is -0.494 e. The highest BCUT2D eigenvalue weighted by molar-refractivity contribution is 7.65. The maximum atomic E-state index is 12.3. The van der Waals surface area contributed by atoms with Crippen LogP contribution in [0.4, 0.5) is 34.5 Å². The van der Waals surface area contributed by atoms with Crippen LogP contribution in [0.2, 0.25) is 5.02 Å². The van der Waals surface area contributed by atoms with Crippen LogP contribution in [0, 0.1) is 15.5 Å². The maximum absolute atomic E-state index is 12.3. The third kappa shape index (κ3) is 6.19. The highest BCUT2D eigenvalue weighted by atomic mass is 35.5. The zero-order valence-electron chi connectivity index (χ0n) is 26.0. The van der Waals surface area contributed by atoms with Crippen LogP contribution in [0.15, 0.2) is 42.9 Å². The van der Waals surface area contributed by atoms with Crippen LogP contribution in [0.25, 0.3) is 11.0 Å². The van der Waals surface area contributed by atoms with E-state index in [1.807, 2.05) is 12.1 Å². The van der Waals surface area contributed by atoms with Crippen molar-refractivity contribution in [3.63, 3.8) is 0 Å². The zero-order chi connectivity index (χ0) is 31.9. The molecular formula is C31H37ClN9O3P. The SMILES string of the molecule is COc1cc(N2CCC3(CC2)CC(N(C)C)C3)c([N+](=O)[O-])cc1Nc1ncc(Cl)c(Nc2ccc3nccnc3c2P(C)C)n1. The highest BCUT2D eigenvalue weighted by Crippen LogP contribution is 2.52. The number of hydrogen-bond acceptors (Lipinski definition) is 11. The molecular weight excluding hydrogens is 613 g/mol. The Balaban J connectivity index is 1.25. The van der Waals surface area contributed by atoms with E-state index in [0.717, 1.165) is 48.0 Å². The second-order valence-electron chi connectivity index (χ2n) is 12.2. The fourth-order valence-corrected chi connectivity index (χ4v) is 7.84. The van der Waals surface area contributed by atoms with Crippen molar-refractivity contribution < 1.29 is 9.66 Å². The number of piperidine rings is 1. The number of nitro groups is 1. The molecule has 45 heavy (non-hydrogen) atoms. The van der Waals surface area contributed by atoms with Gasteiger partial charge in [0.1, 0.15) is 16.5 Å². The molecule has 1 saturated carbocycles. The van der Waals surface area contributed by atoms with Crippen molar-refractivity contribution >= 4 is 70.4 Å². The van der Waals surface area contributed by atoms with Crippen molar-refractivity contribution in [2.45, 2.75) is 31.7 Å². The van der Waals surface area contributed by atoms with Crippen molar-refractivity contribution in [3.8, 4) is 5.75 Å². The lowest BCUT2D eigenvalue weighted by Crippen LogP contribution is -2.53. The molecule has 1 aliphatic carbocycles. The lowest BCUT2D eigenvalue weighted by Gasteiger charge is -2.54. The molecule has 0 bridgehead atoms. The number of ether oxygens (including phenoxy) is 1. The Hall–Kier alpha value is -3.86.